The zero-order valence-electron chi connectivity index (χ0n) is 11.2. The van der Waals surface area contributed by atoms with E-state index in [1.807, 2.05) is 12.1 Å². The number of phenolic OH excluding ortho intramolecular Hbond substituents is 1. The molecule has 102 valence electrons. The van der Waals surface area contributed by atoms with E-state index in [-0.39, 0.29) is 17.3 Å². The molecule has 1 N–H and O–H groups in total. The van der Waals surface area contributed by atoms with E-state index in [1.54, 1.807) is 18.2 Å². The third-order valence-corrected chi connectivity index (χ3v) is 3.61. The first-order chi connectivity index (χ1) is 9.69. The van der Waals surface area contributed by atoms with E-state index in [2.05, 4.69) is 6.08 Å². The molecule has 3 rings (SSSR count). The van der Waals surface area contributed by atoms with Gasteiger partial charge in [-0.1, -0.05) is 18.2 Å². The summed E-state index contributed by atoms with van der Waals surface area (Å²) in [5, 5.41) is 9.37. The average molecular weight is 270 g/mol. The van der Waals surface area contributed by atoms with Crippen molar-refractivity contribution in [1.82, 2.24) is 0 Å². The summed E-state index contributed by atoms with van der Waals surface area (Å²) in [6.45, 7) is 0. The van der Waals surface area contributed by atoms with E-state index >= 15 is 0 Å². The highest BCUT2D eigenvalue weighted by atomic mass is 19.1. The third kappa shape index (κ3) is 2.16. The first kappa shape index (κ1) is 12.7. The van der Waals surface area contributed by atoms with Gasteiger partial charge in [0.2, 0.25) is 0 Å². The number of allylic oxidation sites excluding steroid dienone is 1. The standard InChI is InChI=1S/C17H15FO2/c1-20-17-9-12-3-2-4-14(15(12)10-16(17)18)11-5-7-13(19)8-6-11/h4-10,19H,2-3H2,1H3. The molecule has 0 atom stereocenters. The minimum Gasteiger partial charge on any atom is -0.508 e. The molecule has 0 radical (unpaired) electrons. The van der Waals surface area contributed by atoms with Crippen LogP contribution in [0.3, 0.4) is 0 Å². The first-order valence-corrected chi connectivity index (χ1v) is 6.55. The van der Waals surface area contributed by atoms with E-state index in [9.17, 15) is 9.50 Å². The van der Waals surface area contributed by atoms with Crippen LogP contribution in [0.4, 0.5) is 4.39 Å². The molecule has 2 nitrogen and oxygen atoms in total. The Balaban J connectivity index is 2.10. The molecular formula is C17H15FO2. The van der Waals surface area contributed by atoms with Gasteiger partial charge in [0, 0.05) is 0 Å². The van der Waals surface area contributed by atoms with Crippen LogP contribution in [-0.2, 0) is 6.42 Å². The highest BCUT2D eigenvalue weighted by molar-refractivity contribution is 5.83. The fourth-order valence-corrected chi connectivity index (χ4v) is 2.61. The number of phenols is 1. The lowest BCUT2D eigenvalue weighted by Crippen LogP contribution is -2.03. The van der Waals surface area contributed by atoms with E-state index in [4.69, 9.17) is 4.74 Å². The van der Waals surface area contributed by atoms with E-state index in [0.717, 1.165) is 35.1 Å². The normalized spacial score (nSPS) is 13.6. The molecule has 0 aliphatic heterocycles. The zero-order chi connectivity index (χ0) is 14.1. The van der Waals surface area contributed by atoms with E-state index in [0.29, 0.717) is 0 Å². The molecule has 0 heterocycles. The van der Waals surface area contributed by atoms with Crippen molar-refractivity contribution in [2.45, 2.75) is 12.8 Å². The lowest BCUT2D eigenvalue weighted by molar-refractivity contribution is 0.385. The Bertz CT molecular complexity index is 672. The maximum absolute atomic E-state index is 13.9. The highest BCUT2D eigenvalue weighted by Gasteiger charge is 2.17. The Labute approximate surface area is 117 Å². The van der Waals surface area contributed by atoms with Crippen LogP contribution in [0.5, 0.6) is 11.5 Å². The van der Waals surface area contributed by atoms with Gasteiger partial charge in [-0.25, -0.2) is 4.39 Å². The van der Waals surface area contributed by atoms with Gasteiger partial charge in [0.05, 0.1) is 7.11 Å². The summed E-state index contributed by atoms with van der Waals surface area (Å²) < 4.78 is 19.0. The summed E-state index contributed by atoms with van der Waals surface area (Å²) in [7, 11) is 1.48. The number of aryl methyl sites for hydroxylation is 1. The van der Waals surface area contributed by atoms with Crippen molar-refractivity contribution in [3.05, 3.63) is 65.0 Å². The number of hydrogen-bond donors (Lipinski definition) is 1. The van der Waals surface area contributed by atoms with Gasteiger partial charge in [-0.2, -0.15) is 0 Å². The minimum absolute atomic E-state index is 0.228. The van der Waals surface area contributed by atoms with Gasteiger partial charge in [-0.3, -0.25) is 0 Å². The topological polar surface area (TPSA) is 29.5 Å². The number of aromatic hydroxyl groups is 1. The van der Waals surface area contributed by atoms with Gasteiger partial charge in [0.15, 0.2) is 11.6 Å². The van der Waals surface area contributed by atoms with Crippen LogP contribution in [0.1, 0.15) is 23.1 Å². The number of ether oxygens (including phenoxy) is 1. The number of halogens is 1. The van der Waals surface area contributed by atoms with Crippen LogP contribution in [0.15, 0.2) is 42.5 Å². The molecule has 0 saturated heterocycles. The molecule has 1 aliphatic rings. The fraction of sp³-hybridized carbons (Fsp3) is 0.176. The van der Waals surface area contributed by atoms with Crippen molar-refractivity contribution in [1.29, 1.82) is 0 Å². The van der Waals surface area contributed by atoms with Crippen molar-refractivity contribution in [2.24, 2.45) is 0 Å². The van der Waals surface area contributed by atoms with Gasteiger partial charge < -0.3 is 9.84 Å². The largest absolute Gasteiger partial charge is 0.508 e. The van der Waals surface area contributed by atoms with Crippen LogP contribution in [0, 0.1) is 5.82 Å². The zero-order valence-corrected chi connectivity index (χ0v) is 11.2. The Hall–Kier alpha value is -2.29. The van der Waals surface area contributed by atoms with Crippen molar-refractivity contribution < 1.29 is 14.2 Å². The summed E-state index contributed by atoms with van der Waals surface area (Å²) >= 11 is 0. The molecule has 3 heteroatoms. The molecule has 0 aromatic heterocycles. The lowest BCUT2D eigenvalue weighted by atomic mass is 9.86. The minimum atomic E-state index is -0.349. The maximum atomic E-state index is 13.9. The Morgan fingerprint density at radius 3 is 2.60 bits per heavy atom. The van der Waals surface area contributed by atoms with Crippen LogP contribution in [0.2, 0.25) is 0 Å². The van der Waals surface area contributed by atoms with Crippen molar-refractivity contribution >= 4 is 5.57 Å². The predicted molar refractivity (Wildman–Crippen MR) is 76.5 cm³/mol. The summed E-state index contributed by atoms with van der Waals surface area (Å²) in [5.41, 5.74) is 3.98. The molecule has 2 aromatic carbocycles. The van der Waals surface area contributed by atoms with Crippen LogP contribution < -0.4 is 4.74 Å². The SMILES string of the molecule is COc1cc2c(cc1F)C(c1ccc(O)cc1)=CCC2. The second kappa shape index (κ2) is 5.00. The summed E-state index contributed by atoms with van der Waals surface area (Å²) in [6.07, 6.45) is 3.91. The molecule has 2 aromatic rings. The summed E-state index contributed by atoms with van der Waals surface area (Å²) in [6, 6.07) is 10.3. The van der Waals surface area contributed by atoms with Crippen LogP contribution >= 0.6 is 0 Å². The fourth-order valence-electron chi connectivity index (χ4n) is 2.61. The van der Waals surface area contributed by atoms with Gasteiger partial charge in [-0.15, -0.1) is 0 Å². The second-order valence-electron chi connectivity index (χ2n) is 4.85. The maximum Gasteiger partial charge on any atom is 0.165 e. The lowest BCUT2D eigenvalue weighted by Gasteiger charge is -2.19. The Morgan fingerprint density at radius 2 is 1.90 bits per heavy atom. The van der Waals surface area contributed by atoms with Gasteiger partial charge >= 0.3 is 0 Å². The molecular weight excluding hydrogens is 255 g/mol. The number of benzene rings is 2. The van der Waals surface area contributed by atoms with Crippen molar-refractivity contribution in [3.8, 4) is 11.5 Å². The molecule has 0 bridgehead atoms. The molecule has 20 heavy (non-hydrogen) atoms. The first-order valence-electron chi connectivity index (χ1n) is 6.55. The Morgan fingerprint density at radius 1 is 1.15 bits per heavy atom. The van der Waals surface area contributed by atoms with Crippen molar-refractivity contribution in [3.63, 3.8) is 0 Å². The number of fused-ring (bicyclic) bond motifs is 1. The molecule has 0 spiro atoms. The number of methoxy groups -OCH3 is 1. The number of rotatable bonds is 2. The molecule has 0 fully saturated rings. The highest BCUT2D eigenvalue weighted by Crippen LogP contribution is 2.35. The monoisotopic (exact) mass is 270 g/mol. The predicted octanol–water partition coefficient (Wildman–Crippen LogP) is 3.92. The smallest absolute Gasteiger partial charge is 0.165 e. The Kier molecular flexibility index (Phi) is 3.18. The van der Waals surface area contributed by atoms with Gasteiger partial charge in [0.1, 0.15) is 5.75 Å². The second-order valence-corrected chi connectivity index (χ2v) is 4.85. The van der Waals surface area contributed by atoms with Crippen LogP contribution in [-0.4, -0.2) is 12.2 Å². The van der Waals surface area contributed by atoms with Gasteiger partial charge in [-0.05, 0) is 59.4 Å². The van der Waals surface area contributed by atoms with Gasteiger partial charge in [0.25, 0.3) is 0 Å². The molecule has 0 unspecified atom stereocenters. The molecule has 0 saturated carbocycles. The summed E-state index contributed by atoms with van der Waals surface area (Å²) in [5.74, 6) is 0.167. The number of hydrogen-bond acceptors (Lipinski definition) is 2. The van der Waals surface area contributed by atoms with Crippen LogP contribution in [0.25, 0.3) is 5.57 Å². The third-order valence-electron chi connectivity index (χ3n) is 3.61. The summed E-state index contributed by atoms with van der Waals surface area (Å²) in [4.78, 5) is 0. The van der Waals surface area contributed by atoms with Crippen molar-refractivity contribution in [2.75, 3.05) is 7.11 Å². The van der Waals surface area contributed by atoms with E-state index < -0.39 is 0 Å². The quantitative estimate of drug-likeness (QED) is 0.896. The molecule has 0 amide bonds. The average Bonchev–Trinajstić information content (AvgIpc) is 2.47. The van der Waals surface area contributed by atoms with E-state index in [1.165, 1.54) is 13.2 Å². The molecule has 1 aliphatic carbocycles.